The molecule has 0 unspecified atom stereocenters. The van der Waals surface area contributed by atoms with Gasteiger partial charge in [-0.15, -0.1) is 23.1 Å². The average molecular weight is 313 g/mol. The van der Waals surface area contributed by atoms with E-state index in [0.717, 1.165) is 22.4 Å². The molecule has 1 aromatic rings. The molecule has 1 aliphatic rings. The van der Waals surface area contributed by atoms with Crippen LogP contribution in [-0.2, 0) is 0 Å². The molecule has 1 saturated carbocycles. The number of nitrogens with two attached hydrogens (primary N) is 1. The van der Waals surface area contributed by atoms with Crippen LogP contribution in [0.4, 0.5) is 10.7 Å². The summed E-state index contributed by atoms with van der Waals surface area (Å²) >= 11 is 3.12. The van der Waals surface area contributed by atoms with Crippen molar-refractivity contribution in [3.05, 3.63) is 4.88 Å². The number of nitrogens with zero attached hydrogens (tertiary/aromatic N) is 1. The van der Waals surface area contributed by atoms with Crippen molar-refractivity contribution in [2.75, 3.05) is 37.5 Å². The fourth-order valence-corrected chi connectivity index (χ4v) is 4.94. The van der Waals surface area contributed by atoms with Gasteiger partial charge in [0.1, 0.15) is 9.88 Å². The van der Waals surface area contributed by atoms with Crippen LogP contribution in [-0.4, -0.2) is 32.8 Å². The summed E-state index contributed by atoms with van der Waals surface area (Å²) in [5, 5.41) is 3.79. The van der Waals surface area contributed by atoms with Crippen LogP contribution in [0.1, 0.15) is 35.4 Å². The number of hydrogen-bond donors (Lipinski definition) is 2. The molecule has 20 heavy (non-hydrogen) atoms. The molecule has 4 nitrogen and oxygen atoms in total. The van der Waals surface area contributed by atoms with Crippen LogP contribution < -0.4 is 16.0 Å². The second kappa shape index (κ2) is 6.72. The molecule has 0 saturated heterocycles. The molecule has 0 radical (unpaired) electrons. The van der Waals surface area contributed by atoms with E-state index < -0.39 is 0 Å². The Labute approximate surface area is 129 Å². The van der Waals surface area contributed by atoms with E-state index in [4.69, 9.17) is 5.73 Å². The normalized spacial score (nSPS) is 15.6. The Morgan fingerprint density at radius 1 is 1.50 bits per heavy atom. The molecule has 1 amide bonds. The summed E-state index contributed by atoms with van der Waals surface area (Å²) < 4.78 is 0. The SMILES string of the molecule is CNC(=O)c1sc(N(C)CC2CCCC2)c(SC)c1N. The third-order valence-corrected chi connectivity index (χ3v) is 6.14. The van der Waals surface area contributed by atoms with Gasteiger partial charge in [-0.25, -0.2) is 0 Å². The lowest BCUT2D eigenvalue weighted by Gasteiger charge is -2.22. The van der Waals surface area contributed by atoms with E-state index in [1.807, 2.05) is 6.26 Å². The van der Waals surface area contributed by atoms with Gasteiger partial charge in [-0.2, -0.15) is 0 Å². The summed E-state index contributed by atoms with van der Waals surface area (Å²) in [7, 11) is 3.75. The van der Waals surface area contributed by atoms with E-state index in [1.54, 1.807) is 18.8 Å². The van der Waals surface area contributed by atoms with Crippen LogP contribution in [0.2, 0.25) is 0 Å². The van der Waals surface area contributed by atoms with Gasteiger partial charge in [0.15, 0.2) is 0 Å². The van der Waals surface area contributed by atoms with Gasteiger partial charge in [-0.3, -0.25) is 4.79 Å². The lowest BCUT2D eigenvalue weighted by atomic mass is 10.1. The Morgan fingerprint density at radius 3 is 2.70 bits per heavy atom. The van der Waals surface area contributed by atoms with Crippen molar-refractivity contribution in [2.24, 2.45) is 5.92 Å². The van der Waals surface area contributed by atoms with Crippen molar-refractivity contribution in [2.45, 2.75) is 30.6 Å². The Balaban J connectivity index is 2.22. The largest absolute Gasteiger partial charge is 0.396 e. The smallest absolute Gasteiger partial charge is 0.263 e. The second-order valence-electron chi connectivity index (χ2n) is 5.29. The lowest BCUT2D eigenvalue weighted by molar-refractivity contribution is 0.0968. The molecule has 112 valence electrons. The number of thioether (sulfide) groups is 1. The summed E-state index contributed by atoms with van der Waals surface area (Å²) in [6.07, 6.45) is 7.36. The van der Waals surface area contributed by atoms with E-state index in [9.17, 15) is 4.79 Å². The van der Waals surface area contributed by atoms with Gasteiger partial charge in [0.05, 0.1) is 10.6 Å². The highest BCUT2D eigenvalue weighted by Crippen LogP contribution is 2.44. The Hall–Kier alpha value is -0.880. The summed E-state index contributed by atoms with van der Waals surface area (Å²) in [4.78, 5) is 15.8. The van der Waals surface area contributed by atoms with Gasteiger partial charge in [-0.1, -0.05) is 12.8 Å². The van der Waals surface area contributed by atoms with Gasteiger partial charge in [0, 0.05) is 20.6 Å². The molecule has 6 heteroatoms. The quantitative estimate of drug-likeness (QED) is 0.820. The third kappa shape index (κ3) is 3.06. The van der Waals surface area contributed by atoms with Crippen molar-refractivity contribution in [3.63, 3.8) is 0 Å². The first-order chi connectivity index (χ1) is 9.58. The van der Waals surface area contributed by atoms with Crippen molar-refractivity contribution >= 4 is 39.7 Å². The molecule has 0 bridgehead atoms. The number of nitrogen functional groups attached to an aromatic ring is 1. The molecule has 0 aliphatic heterocycles. The molecule has 1 fully saturated rings. The molecule has 1 heterocycles. The van der Waals surface area contributed by atoms with Crippen molar-refractivity contribution in [3.8, 4) is 0 Å². The topological polar surface area (TPSA) is 58.4 Å². The highest BCUT2D eigenvalue weighted by Gasteiger charge is 2.24. The molecule has 3 N–H and O–H groups in total. The number of hydrogen-bond acceptors (Lipinski definition) is 5. The molecular formula is C14H23N3OS2. The molecular weight excluding hydrogens is 290 g/mol. The molecule has 1 aliphatic carbocycles. The van der Waals surface area contributed by atoms with Crippen LogP contribution >= 0.6 is 23.1 Å². The van der Waals surface area contributed by atoms with Crippen LogP contribution in [0.15, 0.2) is 4.90 Å². The maximum absolute atomic E-state index is 11.9. The molecule has 2 rings (SSSR count). The van der Waals surface area contributed by atoms with E-state index in [0.29, 0.717) is 10.6 Å². The standard InChI is InChI=1S/C14H23N3OS2/c1-16-13(18)11-10(15)12(19-3)14(20-11)17(2)8-9-6-4-5-7-9/h9H,4-8,15H2,1-3H3,(H,16,18). The minimum atomic E-state index is -0.0942. The highest BCUT2D eigenvalue weighted by molar-refractivity contribution is 7.99. The number of nitrogens with one attached hydrogen (secondary N) is 1. The van der Waals surface area contributed by atoms with E-state index in [1.165, 1.54) is 37.0 Å². The summed E-state index contributed by atoms with van der Waals surface area (Å²) in [6, 6.07) is 0. The van der Waals surface area contributed by atoms with Crippen molar-refractivity contribution in [1.82, 2.24) is 5.32 Å². The average Bonchev–Trinajstić information content (AvgIpc) is 3.05. The zero-order valence-electron chi connectivity index (χ0n) is 12.4. The Kier molecular flexibility index (Phi) is 5.21. The zero-order valence-corrected chi connectivity index (χ0v) is 14.0. The number of carbonyl (C=O) groups excluding carboxylic acids is 1. The number of amides is 1. The summed E-state index contributed by atoms with van der Waals surface area (Å²) in [5.74, 6) is 0.685. The predicted octanol–water partition coefficient (Wildman–Crippen LogP) is 3.04. The minimum Gasteiger partial charge on any atom is -0.396 e. The fraction of sp³-hybridized carbons (Fsp3) is 0.643. The second-order valence-corrected chi connectivity index (χ2v) is 7.11. The van der Waals surface area contributed by atoms with Gasteiger partial charge < -0.3 is 16.0 Å². The van der Waals surface area contributed by atoms with E-state index in [-0.39, 0.29) is 5.91 Å². The van der Waals surface area contributed by atoms with E-state index >= 15 is 0 Å². The summed E-state index contributed by atoms with van der Waals surface area (Å²) in [5.41, 5.74) is 6.76. The highest BCUT2D eigenvalue weighted by atomic mass is 32.2. The lowest BCUT2D eigenvalue weighted by Crippen LogP contribution is -2.23. The van der Waals surface area contributed by atoms with Crippen molar-refractivity contribution < 1.29 is 4.79 Å². The van der Waals surface area contributed by atoms with Crippen LogP contribution in [0.5, 0.6) is 0 Å². The number of anilines is 2. The Bertz CT molecular complexity index is 481. The molecule has 0 spiro atoms. The predicted molar refractivity (Wildman–Crippen MR) is 89.1 cm³/mol. The van der Waals surface area contributed by atoms with Crippen LogP contribution in [0, 0.1) is 5.92 Å². The molecule has 0 atom stereocenters. The third-order valence-electron chi connectivity index (χ3n) is 3.87. The maximum Gasteiger partial charge on any atom is 0.263 e. The number of thiophene rings is 1. The van der Waals surface area contributed by atoms with E-state index in [2.05, 4.69) is 17.3 Å². The first kappa shape index (κ1) is 15.5. The first-order valence-corrected chi connectivity index (χ1v) is 9.02. The maximum atomic E-state index is 11.9. The number of rotatable bonds is 5. The molecule has 0 aromatic carbocycles. The number of carbonyl (C=O) groups is 1. The van der Waals surface area contributed by atoms with Gasteiger partial charge >= 0.3 is 0 Å². The molecule has 1 aromatic heterocycles. The van der Waals surface area contributed by atoms with Crippen molar-refractivity contribution in [1.29, 1.82) is 0 Å². The van der Waals surface area contributed by atoms with Gasteiger partial charge in [0.2, 0.25) is 0 Å². The van der Waals surface area contributed by atoms with Crippen LogP contribution in [0.3, 0.4) is 0 Å². The van der Waals surface area contributed by atoms with Gasteiger partial charge in [-0.05, 0) is 25.0 Å². The monoisotopic (exact) mass is 313 g/mol. The Morgan fingerprint density at radius 2 is 2.15 bits per heavy atom. The summed E-state index contributed by atoms with van der Waals surface area (Å²) in [6.45, 7) is 1.06. The zero-order chi connectivity index (χ0) is 14.7. The van der Waals surface area contributed by atoms with Gasteiger partial charge in [0.25, 0.3) is 5.91 Å². The first-order valence-electron chi connectivity index (χ1n) is 6.98. The minimum absolute atomic E-state index is 0.0942. The fourth-order valence-electron chi connectivity index (χ4n) is 2.81. The van der Waals surface area contributed by atoms with Crippen LogP contribution in [0.25, 0.3) is 0 Å².